The van der Waals surface area contributed by atoms with Gasteiger partial charge in [0.1, 0.15) is 0 Å². The van der Waals surface area contributed by atoms with Crippen LogP contribution in [0, 0.1) is 0 Å². The van der Waals surface area contributed by atoms with Gasteiger partial charge in [-0.25, -0.2) is 0 Å². The number of ether oxygens (including phenoxy) is 1. The Morgan fingerprint density at radius 2 is 2.00 bits per heavy atom. The zero-order chi connectivity index (χ0) is 14.0. The van der Waals surface area contributed by atoms with E-state index in [1.807, 2.05) is 0 Å². The van der Waals surface area contributed by atoms with E-state index in [0.29, 0.717) is 5.92 Å². The van der Waals surface area contributed by atoms with E-state index >= 15 is 0 Å². The van der Waals surface area contributed by atoms with Crippen molar-refractivity contribution in [2.24, 2.45) is 0 Å². The van der Waals surface area contributed by atoms with Gasteiger partial charge in [-0.3, -0.25) is 0 Å². The molecule has 0 saturated heterocycles. The van der Waals surface area contributed by atoms with Gasteiger partial charge >= 0.3 is 0 Å². The Labute approximate surface area is 122 Å². The highest BCUT2D eigenvalue weighted by Crippen LogP contribution is 2.41. The first-order valence-corrected chi connectivity index (χ1v) is 8.06. The highest BCUT2D eigenvalue weighted by Gasteiger charge is 2.42. The Balaban J connectivity index is 1.75. The van der Waals surface area contributed by atoms with Gasteiger partial charge in [-0.2, -0.15) is 0 Å². The minimum absolute atomic E-state index is 0.271. The van der Waals surface area contributed by atoms with Crippen LogP contribution >= 0.6 is 0 Å². The molecule has 2 unspecified atom stereocenters. The lowest BCUT2D eigenvalue weighted by Crippen LogP contribution is -2.42. The summed E-state index contributed by atoms with van der Waals surface area (Å²) in [6.45, 7) is 0. The Morgan fingerprint density at radius 1 is 1.25 bits per heavy atom. The molecule has 1 N–H and O–H groups in total. The summed E-state index contributed by atoms with van der Waals surface area (Å²) in [5.74, 6) is 0.502. The largest absolute Gasteiger partial charge is 0.390 e. The highest BCUT2D eigenvalue weighted by molar-refractivity contribution is 5.32. The van der Waals surface area contributed by atoms with E-state index in [2.05, 4.69) is 24.3 Å². The summed E-state index contributed by atoms with van der Waals surface area (Å²) in [5.41, 5.74) is 2.67. The lowest BCUT2D eigenvalue weighted by molar-refractivity contribution is -0.103. The molecule has 1 aromatic carbocycles. The number of fused-ring (bicyclic) bond motifs is 1. The molecule has 110 valence electrons. The second-order valence-corrected chi connectivity index (χ2v) is 6.52. The quantitative estimate of drug-likeness (QED) is 0.904. The molecule has 2 heteroatoms. The molecule has 1 aromatic rings. The molecule has 2 nitrogen and oxygen atoms in total. The summed E-state index contributed by atoms with van der Waals surface area (Å²) < 4.78 is 5.74. The fourth-order valence-electron chi connectivity index (χ4n) is 4.23. The van der Waals surface area contributed by atoms with Crippen LogP contribution in [0.5, 0.6) is 0 Å². The van der Waals surface area contributed by atoms with Crippen LogP contribution in [0.2, 0.25) is 0 Å². The predicted octanol–water partition coefficient (Wildman–Crippen LogP) is 3.82. The lowest BCUT2D eigenvalue weighted by atomic mass is 9.77. The van der Waals surface area contributed by atoms with Gasteiger partial charge in [0.25, 0.3) is 0 Å². The SMILES string of the molecule is COC1(C(O)CC2CCCc3ccccc32)CCCC1. The van der Waals surface area contributed by atoms with E-state index in [-0.39, 0.29) is 11.7 Å². The summed E-state index contributed by atoms with van der Waals surface area (Å²) in [4.78, 5) is 0. The van der Waals surface area contributed by atoms with E-state index in [9.17, 15) is 5.11 Å². The first-order valence-electron chi connectivity index (χ1n) is 8.06. The van der Waals surface area contributed by atoms with Crippen molar-refractivity contribution < 1.29 is 9.84 Å². The van der Waals surface area contributed by atoms with Crippen LogP contribution in [0.25, 0.3) is 0 Å². The zero-order valence-corrected chi connectivity index (χ0v) is 12.5. The van der Waals surface area contributed by atoms with Gasteiger partial charge < -0.3 is 9.84 Å². The third-order valence-corrected chi connectivity index (χ3v) is 5.47. The average Bonchev–Trinajstić information content (AvgIpc) is 2.98. The first kappa shape index (κ1) is 14.1. The van der Waals surface area contributed by atoms with E-state index in [4.69, 9.17) is 4.74 Å². The fourth-order valence-corrected chi connectivity index (χ4v) is 4.23. The summed E-state index contributed by atoms with van der Waals surface area (Å²) in [7, 11) is 1.77. The lowest BCUT2D eigenvalue weighted by Gasteiger charge is -2.36. The summed E-state index contributed by atoms with van der Waals surface area (Å²) in [5, 5.41) is 10.8. The van der Waals surface area contributed by atoms with Crippen molar-refractivity contribution in [1.29, 1.82) is 0 Å². The minimum Gasteiger partial charge on any atom is -0.390 e. The van der Waals surface area contributed by atoms with Crippen molar-refractivity contribution in [2.75, 3.05) is 7.11 Å². The minimum atomic E-state index is -0.328. The van der Waals surface area contributed by atoms with Crippen LogP contribution in [-0.4, -0.2) is 23.9 Å². The molecule has 20 heavy (non-hydrogen) atoms. The van der Waals surface area contributed by atoms with Crippen LogP contribution in [0.4, 0.5) is 0 Å². The maximum Gasteiger partial charge on any atom is 0.0936 e. The van der Waals surface area contributed by atoms with Gasteiger partial charge in [0, 0.05) is 7.11 Å². The second-order valence-electron chi connectivity index (χ2n) is 6.52. The number of hydrogen-bond donors (Lipinski definition) is 1. The van der Waals surface area contributed by atoms with Gasteiger partial charge in [-0.1, -0.05) is 37.1 Å². The van der Waals surface area contributed by atoms with Crippen molar-refractivity contribution >= 4 is 0 Å². The topological polar surface area (TPSA) is 29.5 Å². The first-order chi connectivity index (χ1) is 9.75. The standard InChI is InChI=1S/C18H26O2/c1-20-18(11-4-5-12-18)17(19)13-15-9-6-8-14-7-2-3-10-16(14)15/h2-3,7,10,15,17,19H,4-6,8-9,11-13H2,1H3. The fraction of sp³-hybridized carbons (Fsp3) is 0.667. The third-order valence-electron chi connectivity index (χ3n) is 5.47. The molecule has 2 aliphatic rings. The van der Waals surface area contributed by atoms with Crippen LogP contribution in [0.1, 0.15) is 62.0 Å². The maximum atomic E-state index is 10.8. The molecule has 0 aromatic heterocycles. The number of benzene rings is 1. The van der Waals surface area contributed by atoms with Gasteiger partial charge in [0.15, 0.2) is 0 Å². The maximum absolute atomic E-state index is 10.8. The van der Waals surface area contributed by atoms with Crippen molar-refractivity contribution in [3.8, 4) is 0 Å². The normalized spacial score (nSPS) is 26.2. The predicted molar refractivity (Wildman–Crippen MR) is 81.0 cm³/mol. The molecule has 1 fully saturated rings. The summed E-state index contributed by atoms with van der Waals surface area (Å²) >= 11 is 0. The molecule has 0 aliphatic heterocycles. The van der Waals surface area contributed by atoms with Crippen LogP contribution in [0.15, 0.2) is 24.3 Å². The van der Waals surface area contributed by atoms with E-state index in [1.165, 1.54) is 43.2 Å². The van der Waals surface area contributed by atoms with E-state index < -0.39 is 0 Å². The Bertz CT molecular complexity index is 448. The van der Waals surface area contributed by atoms with Crippen molar-refractivity contribution in [1.82, 2.24) is 0 Å². The van der Waals surface area contributed by atoms with E-state index in [0.717, 1.165) is 19.3 Å². The van der Waals surface area contributed by atoms with Crippen LogP contribution in [-0.2, 0) is 11.2 Å². The Hall–Kier alpha value is -0.860. The number of aliphatic hydroxyl groups excluding tert-OH is 1. The number of methoxy groups -OCH3 is 1. The van der Waals surface area contributed by atoms with Gasteiger partial charge in [0.2, 0.25) is 0 Å². The molecule has 0 bridgehead atoms. The van der Waals surface area contributed by atoms with Gasteiger partial charge in [-0.15, -0.1) is 0 Å². The molecule has 2 atom stereocenters. The number of rotatable bonds is 4. The van der Waals surface area contributed by atoms with Gasteiger partial charge in [-0.05, 0) is 55.6 Å². The molecule has 0 heterocycles. The Morgan fingerprint density at radius 3 is 2.75 bits per heavy atom. The molecule has 0 amide bonds. The monoisotopic (exact) mass is 274 g/mol. The third kappa shape index (κ3) is 2.51. The number of aliphatic hydroxyl groups is 1. The molecule has 0 spiro atoms. The average molecular weight is 274 g/mol. The highest BCUT2D eigenvalue weighted by atomic mass is 16.5. The smallest absolute Gasteiger partial charge is 0.0936 e. The van der Waals surface area contributed by atoms with Gasteiger partial charge in [0.05, 0.1) is 11.7 Å². The number of aryl methyl sites for hydroxylation is 1. The molecule has 2 aliphatic carbocycles. The second kappa shape index (κ2) is 5.87. The number of hydrogen-bond acceptors (Lipinski definition) is 2. The van der Waals surface area contributed by atoms with Crippen LogP contribution < -0.4 is 0 Å². The van der Waals surface area contributed by atoms with Crippen molar-refractivity contribution in [2.45, 2.75) is 69.0 Å². The molecule has 1 saturated carbocycles. The molecular formula is C18H26O2. The Kier molecular flexibility index (Phi) is 4.13. The molecule has 3 rings (SSSR count). The van der Waals surface area contributed by atoms with Crippen molar-refractivity contribution in [3.05, 3.63) is 35.4 Å². The zero-order valence-electron chi connectivity index (χ0n) is 12.5. The molecule has 0 radical (unpaired) electrons. The summed E-state index contributed by atoms with van der Waals surface area (Å²) in [6.07, 6.45) is 8.56. The molecular weight excluding hydrogens is 248 g/mol. The van der Waals surface area contributed by atoms with E-state index in [1.54, 1.807) is 7.11 Å². The summed E-state index contributed by atoms with van der Waals surface area (Å²) in [6, 6.07) is 8.76. The van der Waals surface area contributed by atoms with Crippen molar-refractivity contribution in [3.63, 3.8) is 0 Å². The van der Waals surface area contributed by atoms with Crippen LogP contribution in [0.3, 0.4) is 0 Å².